The average molecular weight is 261 g/mol. The number of hydrogen-bond acceptors (Lipinski definition) is 3. The van der Waals surface area contributed by atoms with E-state index >= 15 is 0 Å². The summed E-state index contributed by atoms with van der Waals surface area (Å²) in [5.41, 5.74) is 0.453. The lowest BCUT2D eigenvalue weighted by molar-refractivity contribution is -0.120. The quantitative estimate of drug-likeness (QED) is 0.794. The highest BCUT2D eigenvalue weighted by molar-refractivity contribution is 5.92. The number of aliphatic hydroxyl groups is 1. The van der Waals surface area contributed by atoms with Gasteiger partial charge in [0.1, 0.15) is 5.75 Å². The second-order valence-corrected chi connectivity index (χ2v) is 4.86. The largest absolute Gasteiger partial charge is 0.496 e. The van der Waals surface area contributed by atoms with Gasteiger partial charge in [0.25, 0.3) is 0 Å². The number of methoxy groups -OCH3 is 1. The van der Waals surface area contributed by atoms with E-state index in [9.17, 15) is 9.90 Å². The molecule has 4 heteroatoms. The van der Waals surface area contributed by atoms with Crippen LogP contribution in [0.3, 0.4) is 0 Å². The molecule has 19 heavy (non-hydrogen) atoms. The fourth-order valence-electron chi connectivity index (χ4n) is 2.20. The first-order valence-electron chi connectivity index (χ1n) is 6.43. The summed E-state index contributed by atoms with van der Waals surface area (Å²) in [4.78, 5) is 11.8. The van der Waals surface area contributed by atoms with Crippen LogP contribution in [0.4, 0.5) is 0 Å². The molecule has 2 rings (SSSR count). The standard InChI is InChI=1S/C15H19NO3/c1-19-13-6-3-2-5-12(13)7-8-14(18)16-15(11-17)9-4-10-15/h2-3,5-8,17H,4,9-11H2,1H3,(H,16,18)/b8-7+. The third-order valence-corrected chi connectivity index (χ3v) is 3.55. The highest BCUT2D eigenvalue weighted by Gasteiger charge is 2.37. The van der Waals surface area contributed by atoms with Crippen LogP contribution in [0.2, 0.25) is 0 Å². The van der Waals surface area contributed by atoms with Gasteiger partial charge >= 0.3 is 0 Å². The molecule has 1 aromatic rings. The number of carbonyl (C=O) groups is 1. The zero-order valence-corrected chi connectivity index (χ0v) is 11.1. The minimum absolute atomic E-state index is 0.00123. The highest BCUT2D eigenvalue weighted by atomic mass is 16.5. The molecule has 102 valence electrons. The first kappa shape index (κ1) is 13.6. The van der Waals surface area contributed by atoms with Crippen molar-refractivity contribution in [2.75, 3.05) is 13.7 Å². The van der Waals surface area contributed by atoms with Gasteiger partial charge in [-0.1, -0.05) is 18.2 Å². The van der Waals surface area contributed by atoms with Crippen LogP contribution < -0.4 is 10.1 Å². The Balaban J connectivity index is 2.00. The van der Waals surface area contributed by atoms with Crippen molar-refractivity contribution < 1.29 is 14.6 Å². The summed E-state index contributed by atoms with van der Waals surface area (Å²) >= 11 is 0. The number of benzene rings is 1. The molecule has 1 aromatic carbocycles. The molecule has 1 aliphatic carbocycles. The Morgan fingerprint density at radius 1 is 1.47 bits per heavy atom. The van der Waals surface area contributed by atoms with Gasteiger partial charge in [-0.15, -0.1) is 0 Å². The van der Waals surface area contributed by atoms with Gasteiger partial charge in [0.2, 0.25) is 5.91 Å². The molecule has 0 aliphatic heterocycles. The molecule has 4 nitrogen and oxygen atoms in total. The molecule has 0 saturated heterocycles. The van der Waals surface area contributed by atoms with Crippen molar-refractivity contribution >= 4 is 12.0 Å². The molecule has 1 aliphatic rings. The van der Waals surface area contributed by atoms with E-state index in [1.807, 2.05) is 24.3 Å². The van der Waals surface area contributed by atoms with Crippen molar-refractivity contribution in [3.05, 3.63) is 35.9 Å². The summed E-state index contributed by atoms with van der Waals surface area (Å²) in [5, 5.41) is 12.2. The summed E-state index contributed by atoms with van der Waals surface area (Å²) in [6.45, 7) is 0.00123. The third kappa shape index (κ3) is 3.15. The number of amides is 1. The summed E-state index contributed by atoms with van der Waals surface area (Å²) in [7, 11) is 1.60. The Morgan fingerprint density at radius 2 is 2.21 bits per heavy atom. The lowest BCUT2D eigenvalue weighted by atomic mass is 9.77. The topological polar surface area (TPSA) is 58.6 Å². The number of para-hydroxylation sites is 1. The van der Waals surface area contributed by atoms with Gasteiger partial charge in [0.05, 0.1) is 19.3 Å². The van der Waals surface area contributed by atoms with Gasteiger partial charge in [-0.3, -0.25) is 4.79 Å². The lowest BCUT2D eigenvalue weighted by Gasteiger charge is -2.40. The maximum absolute atomic E-state index is 11.8. The smallest absolute Gasteiger partial charge is 0.244 e. The summed E-state index contributed by atoms with van der Waals surface area (Å²) in [6, 6.07) is 7.50. The highest BCUT2D eigenvalue weighted by Crippen LogP contribution is 2.31. The van der Waals surface area contributed by atoms with E-state index in [-0.39, 0.29) is 12.5 Å². The summed E-state index contributed by atoms with van der Waals surface area (Å²) < 4.78 is 5.21. The van der Waals surface area contributed by atoms with Gasteiger partial charge < -0.3 is 15.2 Å². The number of rotatable bonds is 5. The van der Waals surface area contributed by atoms with Crippen molar-refractivity contribution in [1.29, 1.82) is 0 Å². The Kier molecular flexibility index (Phi) is 4.22. The van der Waals surface area contributed by atoms with Crippen molar-refractivity contribution in [3.63, 3.8) is 0 Å². The molecule has 0 unspecified atom stereocenters. The second kappa shape index (κ2) is 5.89. The van der Waals surface area contributed by atoms with E-state index in [0.717, 1.165) is 30.6 Å². The van der Waals surface area contributed by atoms with Crippen LogP contribution in [0.5, 0.6) is 5.75 Å². The van der Waals surface area contributed by atoms with E-state index in [0.29, 0.717) is 0 Å². The lowest BCUT2D eigenvalue weighted by Crippen LogP contribution is -2.55. The fourth-order valence-corrected chi connectivity index (χ4v) is 2.20. The number of nitrogens with one attached hydrogen (secondary N) is 1. The van der Waals surface area contributed by atoms with E-state index in [1.165, 1.54) is 6.08 Å². The first-order valence-corrected chi connectivity index (χ1v) is 6.43. The van der Waals surface area contributed by atoms with Crippen LogP contribution in [0.15, 0.2) is 30.3 Å². The molecular weight excluding hydrogens is 242 g/mol. The van der Waals surface area contributed by atoms with Gasteiger partial charge in [-0.25, -0.2) is 0 Å². The molecule has 0 spiro atoms. The molecular formula is C15H19NO3. The molecule has 0 atom stereocenters. The van der Waals surface area contributed by atoms with Crippen LogP contribution in [-0.4, -0.2) is 30.3 Å². The molecule has 0 radical (unpaired) electrons. The summed E-state index contributed by atoms with van der Waals surface area (Å²) in [5.74, 6) is 0.548. The minimum atomic E-state index is -0.401. The van der Waals surface area contributed by atoms with Crippen LogP contribution in [0.25, 0.3) is 6.08 Å². The molecule has 0 aromatic heterocycles. The first-order chi connectivity index (χ1) is 9.19. The number of aliphatic hydroxyl groups excluding tert-OH is 1. The number of carbonyl (C=O) groups excluding carboxylic acids is 1. The van der Waals surface area contributed by atoms with Gasteiger partial charge in [0, 0.05) is 11.6 Å². The summed E-state index contributed by atoms with van der Waals surface area (Å²) in [6.07, 6.45) is 5.94. The Bertz CT molecular complexity index is 473. The minimum Gasteiger partial charge on any atom is -0.496 e. The van der Waals surface area contributed by atoms with Gasteiger partial charge in [-0.2, -0.15) is 0 Å². The van der Waals surface area contributed by atoms with Crippen LogP contribution in [0.1, 0.15) is 24.8 Å². The maximum atomic E-state index is 11.8. The molecule has 1 fully saturated rings. The zero-order chi connectivity index (χ0) is 13.7. The fraction of sp³-hybridized carbons (Fsp3) is 0.400. The normalized spacial score (nSPS) is 16.9. The number of ether oxygens (including phenoxy) is 1. The third-order valence-electron chi connectivity index (χ3n) is 3.55. The zero-order valence-electron chi connectivity index (χ0n) is 11.1. The van der Waals surface area contributed by atoms with Crippen molar-refractivity contribution in [2.45, 2.75) is 24.8 Å². The van der Waals surface area contributed by atoms with Crippen molar-refractivity contribution in [2.24, 2.45) is 0 Å². The Labute approximate surface area is 113 Å². The Morgan fingerprint density at radius 3 is 2.79 bits per heavy atom. The maximum Gasteiger partial charge on any atom is 0.244 e. The molecule has 2 N–H and O–H groups in total. The van der Waals surface area contributed by atoms with Crippen LogP contribution in [-0.2, 0) is 4.79 Å². The van der Waals surface area contributed by atoms with E-state index < -0.39 is 5.54 Å². The molecule has 1 amide bonds. The van der Waals surface area contributed by atoms with Crippen LogP contribution in [0, 0.1) is 0 Å². The monoisotopic (exact) mass is 261 g/mol. The van der Waals surface area contributed by atoms with E-state index in [1.54, 1.807) is 13.2 Å². The van der Waals surface area contributed by atoms with Gasteiger partial charge in [-0.05, 0) is 31.4 Å². The predicted molar refractivity (Wildman–Crippen MR) is 73.8 cm³/mol. The average Bonchev–Trinajstić information content (AvgIpc) is 2.41. The van der Waals surface area contributed by atoms with Crippen LogP contribution >= 0.6 is 0 Å². The predicted octanol–water partition coefficient (Wildman–Crippen LogP) is 1.74. The van der Waals surface area contributed by atoms with Gasteiger partial charge in [0.15, 0.2) is 0 Å². The van der Waals surface area contributed by atoms with E-state index in [2.05, 4.69) is 5.32 Å². The molecule has 0 heterocycles. The van der Waals surface area contributed by atoms with E-state index in [4.69, 9.17) is 4.74 Å². The Hall–Kier alpha value is -1.81. The second-order valence-electron chi connectivity index (χ2n) is 4.86. The molecule has 0 bridgehead atoms. The van der Waals surface area contributed by atoms with Crippen molar-refractivity contribution in [1.82, 2.24) is 5.32 Å². The van der Waals surface area contributed by atoms with Crippen molar-refractivity contribution in [3.8, 4) is 5.75 Å². The molecule has 1 saturated carbocycles. The SMILES string of the molecule is COc1ccccc1/C=C/C(=O)NC1(CO)CCC1. The number of hydrogen-bond donors (Lipinski definition) is 2.